The van der Waals surface area contributed by atoms with Crippen LogP contribution in [-0.4, -0.2) is 55.2 Å². The van der Waals surface area contributed by atoms with E-state index in [0.717, 1.165) is 12.8 Å². The number of alkyl carbamates (subject to hydrolysis) is 1. The first kappa shape index (κ1) is 15.8. The number of rotatable bonds is 4. The fraction of sp³-hybridized carbons (Fsp3) is 0.846. The van der Waals surface area contributed by atoms with E-state index >= 15 is 0 Å². The molecule has 6 heteroatoms. The predicted molar refractivity (Wildman–Crippen MR) is 72.9 cm³/mol. The van der Waals surface area contributed by atoms with Crippen LogP contribution in [0.3, 0.4) is 0 Å². The second-order valence-corrected chi connectivity index (χ2v) is 6.32. The van der Waals surface area contributed by atoms with Crippen molar-refractivity contribution in [3.63, 3.8) is 0 Å². The summed E-state index contributed by atoms with van der Waals surface area (Å²) in [7, 11) is 3.71. The fourth-order valence-electron chi connectivity index (χ4n) is 1.89. The average Bonchev–Trinajstić information content (AvgIpc) is 2.09. The van der Waals surface area contributed by atoms with Crippen molar-refractivity contribution in [2.24, 2.45) is 0 Å². The molecule has 0 heterocycles. The van der Waals surface area contributed by atoms with Gasteiger partial charge in [0.25, 0.3) is 0 Å². The van der Waals surface area contributed by atoms with Crippen LogP contribution in [0, 0.1) is 0 Å². The van der Waals surface area contributed by atoms with Gasteiger partial charge in [-0.2, -0.15) is 0 Å². The Hall–Kier alpha value is -1.30. The van der Waals surface area contributed by atoms with Crippen LogP contribution in [-0.2, 0) is 9.53 Å². The Morgan fingerprint density at radius 3 is 2.16 bits per heavy atom. The summed E-state index contributed by atoms with van der Waals surface area (Å²) in [6, 6.07) is 0.256. The summed E-state index contributed by atoms with van der Waals surface area (Å²) < 4.78 is 5.17. The van der Waals surface area contributed by atoms with Crippen LogP contribution in [0.2, 0.25) is 0 Å². The number of carbonyl (C=O) groups excluding carboxylic acids is 2. The van der Waals surface area contributed by atoms with E-state index in [9.17, 15) is 9.59 Å². The van der Waals surface area contributed by atoms with Gasteiger partial charge in [0.2, 0.25) is 5.91 Å². The SMILES string of the molecule is CN(C)CC(=O)NC1CC(NC(=O)OC(C)(C)C)C1. The molecule has 1 rings (SSSR count). The van der Waals surface area contributed by atoms with E-state index < -0.39 is 11.7 Å². The van der Waals surface area contributed by atoms with Crippen molar-refractivity contribution in [1.29, 1.82) is 0 Å². The molecular formula is C13H25N3O3. The zero-order valence-corrected chi connectivity index (χ0v) is 12.4. The van der Waals surface area contributed by atoms with Gasteiger partial charge in [-0.3, -0.25) is 4.79 Å². The number of ether oxygens (including phenoxy) is 1. The van der Waals surface area contributed by atoms with Gasteiger partial charge in [-0.1, -0.05) is 0 Å². The van der Waals surface area contributed by atoms with Crippen molar-refractivity contribution in [3.8, 4) is 0 Å². The second kappa shape index (κ2) is 6.23. The lowest BCUT2D eigenvalue weighted by atomic mass is 9.87. The molecule has 1 fully saturated rings. The monoisotopic (exact) mass is 271 g/mol. The van der Waals surface area contributed by atoms with Gasteiger partial charge in [0, 0.05) is 12.1 Å². The fourth-order valence-corrected chi connectivity index (χ4v) is 1.89. The Kier molecular flexibility index (Phi) is 5.17. The topological polar surface area (TPSA) is 70.7 Å². The van der Waals surface area contributed by atoms with Gasteiger partial charge in [-0.15, -0.1) is 0 Å². The quantitative estimate of drug-likeness (QED) is 0.790. The Morgan fingerprint density at radius 1 is 1.16 bits per heavy atom. The molecule has 0 radical (unpaired) electrons. The molecule has 6 nitrogen and oxygen atoms in total. The van der Waals surface area contributed by atoms with E-state index in [1.807, 2.05) is 39.8 Å². The summed E-state index contributed by atoms with van der Waals surface area (Å²) >= 11 is 0. The molecule has 0 unspecified atom stereocenters. The minimum Gasteiger partial charge on any atom is -0.444 e. The Labute approximate surface area is 114 Å². The number of likely N-dealkylation sites (N-methyl/N-ethyl adjacent to an activating group) is 1. The summed E-state index contributed by atoms with van der Waals surface area (Å²) in [5.74, 6) is 0.0192. The second-order valence-electron chi connectivity index (χ2n) is 6.32. The zero-order chi connectivity index (χ0) is 14.6. The van der Waals surface area contributed by atoms with E-state index in [1.165, 1.54) is 0 Å². The van der Waals surface area contributed by atoms with Crippen LogP contribution in [0.15, 0.2) is 0 Å². The summed E-state index contributed by atoms with van der Waals surface area (Å²) in [6.45, 7) is 5.88. The predicted octanol–water partition coefficient (Wildman–Crippen LogP) is 0.720. The molecule has 0 saturated heterocycles. The third kappa shape index (κ3) is 6.42. The molecular weight excluding hydrogens is 246 g/mol. The lowest BCUT2D eigenvalue weighted by Crippen LogP contribution is -2.55. The van der Waals surface area contributed by atoms with Crippen molar-refractivity contribution >= 4 is 12.0 Å². The molecule has 2 amide bonds. The number of nitrogens with zero attached hydrogens (tertiary/aromatic N) is 1. The summed E-state index contributed by atoms with van der Waals surface area (Å²) in [4.78, 5) is 24.8. The highest BCUT2D eigenvalue weighted by molar-refractivity contribution is 5.78. The minimum absolute atomic E-state index is 0.0192. The van der Waals surface area contributed by atoms with E-state index in [-0.39, 0.29) is 18.0 Å². The smallest absolute Gasteiger partial charge is 0.407 e. The van der Waals surface area contributed by atoms with Crippen molar-refractivity contribution in [2.75, 3.05) is 20.6 Å². The number of amides is 2. The van der Waals surface area contributed by atoms with Crippen LogP contribution < -0.4 is 10.6 Å². The Morgan fingerprint density at radius 2 is 1.68 bits per heavy atom. The van der Waals surface area contributed by atoms with E-state index in [2.05, 4.69) is 10.6 Å². The molecule has 0 bridgehead atoms. The van der Waals surface area contributed by atoms with Gasteiger partial charge in [0.05, 0.1) is 6.54 Å². The maximum atomic E-state index is 11.5. The Bertz CT molecular complexity index is 331. The molecule has 0 atom stereocenters. The number of nitrogens with one attached hydrogen (secondary N) is 2. The minimum atomic E-state index is -0.479. The number of hydrogen-bond acceptors (Lipinski definition) is 4. The van der Waals surface area contributed by atoms with E-state index in [4.69, 9.17) is 4.74 Å². The number of hydrogen-bond donors (Lipinski definition) is 2. The van der Waals surface area contributed by atoms with Gasteiger partial charge < -0.3 is 20.3 Å². The molecule has 1 aliphatic carbocycles. The molecule has 2 N–H and O–H groups in total. The molecule has 1 aliphatic rings. The Balaban J connectivity index is 2.17. The van der Waals surface area contributed by atoms with E-state index in [1.54, 1.807) is 0 Å². The van der Waals surface area contributed by atoms with Crippen LogP contribution in [0.4, 0.5) is 4.79 Å². The highest BCUT2D eigenvalue weighted by atomic mass is 16.6. The number of carbonyl (C=O) groups is 2. The summed E-state index contributed by atoms with van der Waals surface area (Å²) in [6.07, 6.45) is 1.13. The first-order chi connectivity index (χ1) is 8.65. The van der Waals surface area contributed by atoms with Gasteiger partial charge >= 0.3 is 6.09 Å². The molecule has 0 aromatic heterocycles. The largest absolute Gasteiger partial charge is 0.444 e. The first-order valence-corrected chi connectivity index (χ1v) is 6.59. The molecule has 1 saturated carbocycles. The highest BCUT2D eigenvalue weighted by Gasteiger charge is 2.32. The molecule has 110 valence electrons. The van der Waals surface area contributed by atoms with Gasteiger partial charge in [0.15, 0.2) is 0 Å². The standard InChI is InChI=1S/C13H25N3O3/c1-13(2,3)19-12(18)15-10-6-9(7-10)14-11(17)8-16(4)5/h9-10H,6-8H2,1-5H3,(H,14,17)(H,15,18). The van der Waals surface area contributed by atoms with Crippen molar-refractivity contribution < 1.29 is 14.3 Å². The van der Waals surface area contributed by atoms with Crippen LogP contribution in [0.25, 0.3) is 0 Å². The zero-order valence-electron chi connectivity index (χ0n) is 12.4. The van der Waals surface area contributed by atoms with Gasteiger partial charge in [-0.25, -0.2) is 4.79 Å². The molecule has 0 spiro atoms. The van der Waals surface area contributed by atoms with E-state index in [0.29, 0.717) is 6.54 Å². The lowest BCUT2D eigenvalue weighted by molar-refractivity contribution is -0.123. The third-order valence-corrected chi connectivity index (χ3v) is 2.68. The van der Waals surface area contributed by atoms with Gasteiger partial charge in [0.1, 0.15) is 5.60 Å². The molecule has 19 heavy (non-hydrogen) atoms. The highest BCUT2D eigenvalue weighted by Crippen LogP contribution is 2.20. The van der Waals surface area contributed by atoms with Crippen LogP contribution in [0.5, 0.6) is 0 Å². The average molecular weight is 271 g/mol. The third-order valence-electron chi connectivity index (χ3n) is 2.68. The van der Waals surface area contributed by atoms with Crippen molar-refractivity contribution in [1.82, 2.24) is 15.5 Å². The molecule has 0 aliphatic heterocycles. The maximum Gasteiger partial charge on any atom is 0.407 e. The van der Waals surface area contributed by atoms with Crippen molar-refractivity contribution in [2.45, 2.75) is 51.3 Å². The first-order valence-electron chi connectivity index (χ1n) is 6.59. The normalized spacial score (nSPS) is 22.6. The summed E-state index contributed by atoms with van der Waals surface area (Å²) in [5.41, 5.74) is -0.479. The molecule has 0 aromatic carbocycles. The van der Waals surface area contributed by atoms with Crippen LogP contribution in [0.1, 0.15) is 33.6 Å². The molecule has 0 aromatic rings. The van der Waals surface area contributed by atoms with Crippen LogP contribution >= 0.6 is 0 Å². The summed E-state index contributed by atoms with van der Waals surface area (Å²) in [5, 5.41) is 5.72. The maximum absolute atomic E-state index is 11.5. The van der Waals surface area contributed by atoms with Gasteiger partial charge in [-0.05, 0) is 47.7 Å². The van der Waals surface area contributed by atoms with Crippen molar-refractivity contribution in [3.05, 3.63) is 0 Å². The lowest BCUT2D eigenvalue weighted by Gasteiger charge is -2.36.